The number of rotatable bonds is 11. The Bertz CT molecular complexity index is 1550. The average Bonchev–Trinajstić information content (AvgIpc) is 3.47. The van der Waals surface area contributed by atoms with Crippen LogP contribution < -0.4 is 9.62 Å². The van der Waals surface area contributed by atoms with Gasteiger partial charge in [-0.05, 0) is 59.2 Å². The minimum atomic E-state index is -3.86. The highest BCUT2D eigenvalue weighted by molar-refractivity contribution is 7.92. The number of carbonyl (C=O) groups excluding carboxylic acids is 2. The van der Waals surface area contributed by atoms with Crippen LogP contribution in [-0.2, 0) is 38.0 Å². The molecular weight excluding hydrogens is 617 g/mol. The van der Waals surface area contributed by atoms with Crippen molar-refractivity contribution in [2.24, 2.45) is 0 Å². The van der Waals surface area contributed by atoms with Gasteiger partial charge in [-0.25, -0.2) is 8.42 Å². The second kappa shape index (κ2) is 14.4. The highest BCUT2D eigenvalue weighted by Gasteiger charge is 2.34. The van der Waals surface area contributed by atoms with Crippen LogP contribution in [0.25, 0.3) is 0 Å². The number of halogens is 2. The first-order chi connectivity index (χ1) is 20.7. The van der Waals surface area contributed by atoms with Crippen molar-refractivity contribution in [2.45, 2.75) is 76.9 Å². The summed E-state index contributed by atoms with van der Waals surface area (Å²) in [5.41, 5.74) is 2.74. The minimum absolute atomic E-state index is 0.00894. The second-order valence-electron chi connectivity index (χ2n) is 12.5. The molecule has 0 saturated heterocycles. The van der Waals surface area contributed by atoms with E-state index in [4.69, 9.17) is 23.2 Å². The zero-order valence-electron chi connectivity index (χ0n) is 25.7. The molecule has 7 nitrogen and oxygen atoms in total. The predicted octanol–water partition coefficient (Wildman–Crippen LogP) is 6.76. The van der Waals surface area contributed by atoms with E-state index in [1.54, 1.807) is 30.3 Å². The molecule has 1 saturated carbocycles. The summed E-state index contributed by atoms with van der Waals surface area (Å²) < 4.78 is 27.3. The maximum Gasteiger partial charge on any atom is 0.244 e. The van der Waals surface area contributed by atoms with Crippen LogP contribution in [0, 0.1) is 0 Å². The quantitative estimate of drug-likeness (QED) is 0.247. The molecule has 1 unspecified atom stereocenters. The van der Waals surface area contributed by atoms with Crippen LogP contribution in [0.2, 0.25) is 10.0 Å². The van der Waals surface area contributed by atoms with Crippen molar-refractivity contribution in [3.63, 3.8) is 0 Å². The summed E-state index contributed by atoms with van der Waals surface area (Å²) in [7, 11) is -3.86. The average molecular weight is 659 g/mol. The largest absolute Gasteiger partial charge is 0.352 e. The summed E-state index contributed by atoms with van der Waals surface area (Å²) in [6.45, 7) is 5.72. The first-order valence-corrected chi connectivity index (χ1v) is 17.5. The number of hydrogen-bond donors (Lipinski definition) is 1. The topological polar surface area (TPSA) is 86.8 Å². The van der Waals surface area contributed by atoms with E-state index in [1.165, 1.54) is 4.90 Å². The third-order valence-electron chi connectivity index (χ3n) is 8.03. The van der Waals surface area contributed by atoms with Gasteiger partial charge in [-0.1, -0.05) is 105 Å². The Balaban J connectivity index is 1.74. The van der Waals surface area contributed by atoms with Crippen LogP contribution in [0.1, 0.15) is 63.1 Å². The number of anilines is 1. The summed E-state index contributed by atoms with van der Waals surface area (Å²) in [5.74, 6) is -0.802. The smallest absolute Gasteiger partial charge is 0.244 e. The van der Waals surface area contributed by atoms with E-state index in [9.17, 15) is 18.0 Å². The Kier molecular flexibility index (Phi) is 11.0. The number of nitrogens with one attached hydrogen (secondary N) is 1. The molecule has 3 aromatic carbocycles. The molecule has 0 aliphatic heterocycles. The molecule has 44 heavy (non-hydrogen) atoms. The van der Waals surface area contributed by atoms with Crippen molar-refractivity contribution in [1.82, 2.24) is 10.2 Å². The third-order valence-corrected chi connectivity index (χ3v) is 9.76. The molecule has 2 amide bonds. The molecule has 1 aliphatic carbocycles. The standard InChI is InChI=1S/C34H41Cl2N3O4S/c1-34(2,3)26-15-18-29(19-16-26)39(44(4,42)43)23-32(40)38(22-25-14-17-27(35)21-30(25)36)31(20-24-10-6-5-7-11-24)33(41)37-28-12-8-9-13-28/h5-7,10-11,14-19,21,28,31H,8-9,12-13,20,22-23H2,1-4H3,(H,37,41). The lowest BCUT2D eigenvalue weighted by Gasteiger charge is -2.34. The van der Waals surface area contributed by atoms with Gasteiger partial charge in [-0.15, -0.1) is 0 Å². The number of hydrogen-bond acceptors (Lipinski definition) is 4. The number of benzene rings is 3. The maximum absolute atomic E-state index is 14.3. The molecule has 1 N–H and O–H groups in total. The molecule has 10 heteroatoms. The van der Waals surface area contributed by atoms with Gasteiger partial charge in [-0.2, -0.15) is 0 Å². The third kappa shape index (κ3) is 8.99. The first-order valence-electron chi connectivity index (χ1n) is 14.9. The Labute approximate surface area is 271 Å². The van der Waals surface area contributed by atoms with Crippen molar-refractivity contribution < 1.29 is 18.0 Å². The van der Waals surface area contributed by atoms with E-state index < -0.39 is 28.5 Å². The lowest BCUT2D eigenvalue weighted by atomic mass is 9.87. The normalized spacial score (nSPS) is 14.7. The summed E-state index contributed by atoms with van der Waals surface area (Å²) in [5, 5.41) is 3.95. The Hall–Kier alpha value is -3.07. The van der Waals surface area contributed by atoms with E-state index in [1.807, 2.05) is 42.5 Å². The molecule has 0 heterocycles. The molecule has 236 valence electrons. The number of carbonyl (C=O) groups is 2. The number of sulfonamides is 1. The van der Waals surface area contributed by atoms with Gasteiger partial charge >= 0.3 is 0 Å². The Morgan fingerprint density at radius 2 is 1.59 bits per heavy atom. The molecule has 1 atom stereocenters. The van der Waals surface area contributed by atoms with Crippen LogP contribution in [0.5, 0.6) is 0 Å². The van der Waals surface area contributed by atoms with Crippen LogP contribution in [0.15, 0.2) is 72.8 Å². The molecule has 1 aliphatic rings. The molecule has 0 bridgehead atoms. The Morgan fingerprint density at radius 1 is 0.955 bits per heavy atom. The summed E-state index contributed by atoms with van der Waals surface area (Å²) >= 11 is 12.7. The fraction of sp³-hybridized carbons (Fsp3) is 0.412. The van der Waals surface area contributed by atoms with Gasteiger partial charge < -0.3 is 10.2 Å². The summed E-state index contributed by atoms with van der Waals surface area (Å²) in [6, 6.07) is 20.8. The summed E-state index contributed by atoms with van der Waals surface area (Å²) in [6.07, 6.45) is 5.16. The van der Waals surface area contributed by atoms with Gasteiger partial charge in [0.1, 0.15) is 12.6 Å². The monoisotopic (exact) mass is 657 g/mol. The van der Waals surface area contributed by atoms with Gasteiger partial charge in [0.2, 0.25) is 21.8 Å². The fourth-order valence-corrected chi connectivity index (χ4v) is 6.81. The molecule has 0 spiro atoms. The van der Waals surface area contributed by atoms with E-state index in [0.717, 1.165) is 47.4 Å². The minimum Gasteiger partial charge on any atom is -0.352 e. The van der Waals surface area contributed by atoms with Crippen LogP contribution in [0.4, 0.5) is 5.69 Å². The first kappa shape index (κ1) is 33.8. The fourth-order valence-electron chi connectivity index (χ4n) is 5.50. The summed E-state index contributed by atoms with van der Waals surface area (Å²) in [4.78, 5) is 29.8. The van der Waals surface area contributed by atoms with E-state index in [0.29, 0.717) is 21.3 Å². The molecule has 1 fully saturated rings. The van der Waals surface area contributed by atoms with Crippen molar-refractivity contribution in [3.8, 4) is 0 Å². The zero-order chi connectivity index (χ0) is 32.1. The van der Waals surface area contributed by atoms with E-state index >= 15 is 0 Å². The van der Waals surface area contributed by atoms with Crippen molar-refractivity contribution in [3.05, 3.63) is 99.5 Å². The molecule has 0 aromatic heterocycles. The predicted molar refractivity (Wildman–Crippen MR) is 179 cm³/mol. The van der Waals surface area contributed by atoms with Crippen molar-refractivity contribution in [1.29, 1.82) is 0 Å². The SMILES string of the molecule is CC(C)(C)c1ccc(N(CC(=O)N(Cc2ccc(Cl)cc2Cl)C(Cc2ccccc2)C(=O)NC2CCCC2)S(C)(=O)=O)cc1. The van der Waals surface area contributed by atoms with Crippen LogP contribution >= 0.6 is 23.2 Å². The van der Waals surface area contributed by atoms with Gasteiger partial charge in [-0.3, -0.25) is 13.9 Å². The highest BCUT2D eigenvalue weighted by Crippen LogP contribution is 2.28. The second-order valence-corrected chi connectivity index (χ2v) is 15.3. The Morgan fingerprint density at radius 3 is 2.16 bits per heavy atom. The molecule has 3 aromatic rings. The maximum atomic E-state index is 14.3. The lowest BCUT2D eigenvalue weighted by Crippen LogP contribution is -2.54. The highest BCUT2D eigenvalue weighted by atomic mass is 35.5. The molecular formula is C34H41Cl2N3O4S. The van der Waals surface area contributed by atoms with Gasteiger partial charge in [0, 0.05) is 29.1 Å². The van der Waals surface area contributed by atoms with Gasteiger partial charge in [0.15, 0.2) is 0 Å². The number of amides is 2. The van der Waals surface area contributed by atoms with E-state index in [2.05, 4.69) is 26.1 Å². The van der Waals surface area contributed by atoms with Crippen molar-refractivity contribution >= 4 is 50.7 Å². The molecule has 0 radical (unpaired) electrons. The number of nitrogens with zero attached hydrogens (tertiary/aromatic N) is 2. The van der Waals surface area contributed by atoms with Gasteiger partial charge in [0.25, 0.3) is 0 Å². The zero-order valence-corrected chi connectivity index (χ0v) is 28.1. The van der Waals surface area contributed by atoms with Gasteiger partial charge in [0.05, 0.1) is 11.9 Å². The lowest BCUT2D eigenvalue weighted by molar-refractivity contribution is -0.140. The van der Waals surface area contributed by atoms with Crippen molar-refractivity contribution in [2.75, 3.05) is 17.1 Å². The molecule has 4 rings (SSSR count). The van der Waals surface area contributed by atoms with E-state index in [-0.39, 0.29) is 30.3 Å². The van der Waals surface area contributed by atoms with Crippen LogP contribution in [-0.4, -0.2) is 50.0 Å². The van der Waals surface area contributed by atoms with Crippen LogP contribution in [0.3, 0.4) is 0 Å².